The van der Waals surface area contributed by atoms with E-state index in [2.05, 4.69) is 43.9 Å². The van der Waals surface area contributed by atoms with Gasteiger partial charge in [0.1, 0.15) is 0 Å². The van der Waals surface area contributed by atoms with Gasteiger partial charge in [-0.25, -0.2) is 10.0 Å². The first-order valence-corrected chi connectivity index (χ1v) is 9.50. The van der Waals surface area contributed by atoms with Crippen molar-refractivity contribution in [3.8, 4) is 0 Å². The molecule has 6 aliphatic rings. The Bertz CT molecular complexity index is 625. The minimum atomic E-state index is 0.378. The molecule has 4 bridgehead atoms. The third-order valence-corrected chi connectivity index (χ3v) is 7.67. The lowest BCUT2D eigenvalue weighted by Gasteiger charge is -2.35. The molecule has 0 N–H and O–H groups in total. The molecule has 0 aromatic heterocycles. The van der Waals surface area contributed by atoms with Crippen molar-refractivity contribution in [2.75, 3.05) is 0 Å². The maximum Gasteiger partial charge on any atom is 0.0985 e. The van der Waals surface area contributed by atoms with Crippen molar-refractivity contribution in [1.82, 2.24) is 10.0 Å². The van der Waals surface area contributed by atoms with E-state index in [0.29, 0.717) is 24.2 Å². The fourth-order valence-corrected chi connectivity index (χ4v) is 6.56. The normalized spacial score (nSPS) is 49.3. The Morgan fingerprint density at radius 1 is 0.667 bits per heavy atom. The summed E-state index contributed by atoms with van der Waals surface area (Å²) in [7, 11) is 0. The summed E-state index contributed by atoms with van der Waals surface area (Å²) in [6.45, 7) is 8.66. The smallest absolute Gasteiger partial charge is 0.0985 e. The van der Waals surface area contributed by atoms with Crippen molar-refractivity contribution < 1.29 is 0 Å². The van der Waals surface area contributed by atoms with Crippen LogP contribution in [0.25, 0.3) is 0 Å². The molecule has 8 atom stereocenters. The molecule has 4 fully saturated rings. The quantitative estimate of drug-likeness (QED) is 0.743. The molecule has 2 aliphatic heterocycles. The Balaban J connectivity index is 1.24. The van der Waals surface area contributed by atoms with Gasteiger partial charge in [0.2, 0.25) is 0 Å². The fourth-order valence-electron chi connectivity index (χ4n) is 6.56. The molecule has 0 aromatic carbocycles. The van der Waals surface area contributed by atoms with E-state index in [-0.39, 0.29) is 0 Å². The summed E-state index contributed by atoms with van der Waals surface area (Å²) in [6.07, 6.45) is 7.87. The molecule has 4 aliphatic carbocycles. The van der Waals surface area contributed by atoms with Crippen LogP contribution in [0.15, 0.2) is 45.2 Å². The van der Waals surface area contributed by atoms with E-state index in [0.717, 1.165) is 35.1 Å². The van der Waals surface area contributed by atoms with E-state index >= 15 is 0 Å². The van der Waals surface area contributed by atoms with E-state index in [4.69, 9.17) is 0 Å². The molecule has 6 rings (SSSR count). The molecule has 4 unspecified atom stereocenters. The van der Waals surface area contributed by atoms with Crippen molar-refractivity contribution in [1.29, 1.82) is 0 Å². The first-order chi connectivity index (χ1) is 11.7. The Kier molecular flexibility index (Phi) is 2.52. The van der Waals surface area contributed by atoms with Crippen molar-refractivity contribution in [3.63, 3.8) is 0 Å². The highest BCUT2D eigenvalue weighted by atomic mass is 15.7. The summed E-state index contributed by atoms with van der Waals surface area (Å²) < 4.78 is 0. The lowest BCUT2D eigenvalue weighted by Crippen LogP contribution is -2.43. The molecule has 0 radical (unpaired) electrons. The lowest BCUT2D eigenvalue weighted by atomic mass is 9.90. The van der Waals surface area contributed by atoms with Gasteiger partial charge in [0.15, 0.2) is 0 Å². The second-order valence-electron chi connectivity index (χ2n) is 8.62. The topological polar surface area (TPSA) is 55.9 Å². The predicted octanol–water partition coefficient (Wildman–Crippen LogP) is 3.71. The van der Waals surface area contributed by atoms with Gasteiger partial charge >= 0.3 is 0 Å². The first-order valence-electron chi connectivity index (χ1n) is 9.50. The van der Waals surface area contributed by atoms with Crippen LogP contribution in [0.5, 0.6) is 0 Å². The van der Waals surface area contributed by atoms with Crippen LogP contribution in [-0.2, 0) is 0 Å². The molecule has 6 nitrogen and oxygen atoms in total. The van der Waals surface area contributed by atoms with E-state index in [1.807, 2.05) is 0 Å². The summed E-state index contributed by atoms with van der Waals surface area (Å²) in [5.74, 6) is 2.90. The summed E-state index contributed by atoms with van der Waals surface area (Å²) >= 11 is 0. The standard InChI is InChI=1S/C18H24N6/c1-9(23-17-13-5-3-11(7-13)15(17)19-21-23)10(2)24-18-14-6-4-12(8-14)16(18)20-22-24/h11-18H,1-8H2/t11-,12?,13+,14?,15+,16?,17-,18?/m0/s1. The average Bonchev–Trinajstić information content (AvgIpc) is 3.41. The molecule has 0 aromatic rings. The number of rotatable bonds is 3. The van der Waals surface area contributed by atoms with Gasteiger partial charge in [0.25, 0.3) is 0 Å². The zero-order valence-corrected chi connectivity index (χ0v) is 14.0. The van der Waals surface area contributed by atoms with Gasteiger partial charge < -0.3 is 0 Å². The molecule has 0 saturated heterocycles. The van der Waals surface area contributed by atoms with Gasteiger partial charge in [-0.1, -0.05) is 23.6 Å². The number of nitrogens with zero attached hydrogens (tertiary/aromatic N) is 6. The second kappa shape index (κ2) is 4.46. The SMILES string of the molecule is C=C(C(=C)N1N=N[C@@H]2[C@H]3CC[C@H](C3)[C@@H]21)N1N=NC2C3CCC(C3)C21. The fraction of sp³-hybridized carbons (Fsp3) is 0.778. The second-order valence-corrected chi connectivity index (χ2v) is 8.62. The van der Waals surface area contributed by atoms with E-state index in [1.54, 1.807) is 0 Å². The molecule has 0 spiro atoms. The van der Waals surface area contributed by atoms with Crippen LogP contribution >= 0.6 is 0 Å². The monoisotopic (exact) mass is 324 g/mol. The number of hydrogen-bond donors (Lipinski definition) is 0. The molecule has 24 heavy (non-hydrogen) atoms. The van der Waals surface area contributed by atoms with E-state index < -0.39 is 0 Å². The van der Waals surface area contributed by atoms with E-state index in [1.165, 1.54) is 38.5 Å². The number of fused-ring (bicyclic) bond motifs is 10. The van der Waals surface area contributed by atoms with Gasteiger partial charge in [-0.15, -0.1) is 0 Å². The van der Waals surface area contributed by atoms with Gasteiger partial charge in [-0.2, -0.15) is 10.2 Å². The van der Waals surface area contributed by atoms with Gasteiger partial charge in [0, 0.05) is 0 Å². The van der Waals surface area contributed by atoms with Crippen molar-refractivity contribution >= 4 is 0 Å². The van der Waals surface area contributed by atoms with Crippen LogP contribution in [0.3, 0.4) is 0 Å². The third-order valence-electron chi connectivity index (χ3n) is 7.67. The molecule has 0 amide bonds. The highest BCUT2D eigenvalue weighted by Crippen LogP contribution is 2.54. The highest BCUT2D eigenvalue weighted by Gasteiger charge is 2.56. The van der Waals surface area contributed by atoms with Gasteiger partial charge in [-0.05, 0) is 62.2 Å². The predicted molar refractivity (Wildman–Crippen MR) is 88.5 cm³/mol. The Labute approximate surface area is 142 Å². The first kappa shape index (κ1) is 13.6. The average molecular weight is 324 g/mol. The summed E-state index contributed by atoms with van der Waals surface area (Å²) in [6, 6.07) is 1.57. The molecule has 126 valence electrons. The summed E-state index contributed by atoms with van der Waals surface area (Å²) in [5.41, 5.74) is 1.75. The van der Waals surface area contributed by atoms with Crippen molar-refractivity contribution in [3.05, 3.63) is 24.6 Å². The van der Waals surface area contributed by atoms with Crippen LogP contribution in [0.1, 0.15) is 38.5 Å². The molecule has 6 heteroatoms. The minimum Gasteiger partial charge on any atom is -0.240 e. The molecule has 4 saturated carbocycles. The summed E-state index contributed by atoms with van der Waals surface area (Å²) in [5, 5.41) is 22.2. The van der Waals surface area contributed by atoms with Crippen LogP contribution in [-0.4, -0.2) is 34.2 Å². The zero-order valence-electron chi connectivity index (χ0n) is 14.0. The minimum absolute atomic E-state index is 0.378. The summed E-state index contributed by atoms with van der Waals surface area (Å²) in [4.78, 5) is 0. The Morgan fingerprint density at radius 2 is 1.08 bits per heavy atom. The van der Waals surface area contributed by atoms with Crippen LogP contribution in [0.4, 0.5) is 0 Å². The largest absolute Gasteiger partial charge is 0.240 e. The maximum absolute atomic E-state index is 4.57. The van der Waals surface area contributed by atoms with Crippen LogP contribution in [0.2, 0.25) is 0 Å². The highest BCUT2D eigenvalue weighted by molar-refractivity contribution is 5.28. The third kappa shape index (κ3) is 1.53. The van der Waals surface area contributed by atoms with E-state index in [9.17, 15) is 0 Å². The number of hydrogen-bond acceptors (Lipinski definition) is 6. The zero-order chi connectivity index (χ0) is 16.0. The Hall–Kier alpha value is -1.72. The van der Waals surface area contributed by atoms with Crippen molar-refractivity contribution in [2.24, 2.45) is 44.3 Å². The maximum atomic E-state index is 4.57. The molecule has 2 heterocycles. The molecular weight excluding hydrogens is 300 g/mol. The van der Waals surface area contributed by atoms with Crippen LogP contribution in [0, 0.1) is 23.7 Å². The lowest BCUT2D eigenvalue weighted by molar-refractivity contribution is 0.180. The van der Waals surface area contributed by atoms with Crippen molar-refractivity contribution in [2.45, 2.75) is 62.7 Å². The van der Waals surface area contributed by atoms with Crippen LogP contribution < -0.4 is 0 Å². The van der Waals surface area contributed by atoms with Gasteiger partial charge in [0.05, 0.1) is 35.6 Å². The Morgan fingerprint density at radius 3 is 1.54 bits per heavy atom. The van der Waals surface area contributed by atoms with Gasteiger partial charge in [-0.3, -0.25) is 0 Å². The molecular formula is C18H24N6.